The third kappa shape index (κ3) is 3.64. The van der Waals surface area contributed by atoms with Crippen molar-refractivity contribution < 1.29 is 13.7 Å². The van der Waals surface area contributed by atoms with Crippen molar-refractivity contribution in [3.05, 3.63) is 82.1 Å². The SMILES string of the molecule is Fc1cccc(Cc2nc(-c3nnn4c3COC(c3ccc(Cl)cc3)C4)no2)c1. The first-order chi connectivity index (χ1) is 14.2. The van der Waals surface area contributed by atoms with Crippen molar-refractivity contribution in [2.24, 2.45) is 0 Å². The molecule has 0 fully saturated rings. The Morgan fingerprint density at radius 2 is 2.03 bits per heavy atom. The van der Waals surface area contributed by atoms with Crippen molar-refractivity contribution in [3.8, 4) is 11.5 Å². The van der Waals surface area contributed by atoms with Gasteiger partial charge >= 0.3 is 0 Å². The predicted octanol–water partition coefficient (Wildman–Crippen LogP) is 3.98. The summed E-state index contributed by atoms with van der Waals surface area (Å²) in [4.78, 5) is 4.39. The molecule has 0 bridgehead atoms. The minimum Gasteiger partial charge on any atom is -0.365 e. The van der Waals surface area contributed by atoms with Gasteiger partial charge in [0.1, 0.15) is 11.9 Å². The van der Waals surface area contributed by atoms with E-state index in [1.807, 2.05) is 24.3 Å². The summed E-state index contributed by atoms with van der Waals surface area (Å²) in [6.45, 7) is 0.849. The second-order valence-electron chi connectivity index (χ2n) is 6.74. The number of nitrogens with zero attached hydrogens (tertiary/aromatic N) is 5. The number of rotatable bonds is 4. The molecule has 1 aliphatic heterocycles. The van der Waals surface area contributed by atoms with Crippen LogP contribution in [-0.4, -0.2) is 25.1 Å². The zero-order chi connectivity index (χ0) is 19.8. The minimum atomic E-state index is -0.304. The van der Waals surface area contributed by atoms with E-state index in [4.69, 9.17) is 20.9 Å². The van der Waals surface area contributed by atoms with Gasteiger partial charge in [0.15, 0.2) is 5.69 Å². The Balaban J connectivity index is 1.35. The summed E-state index contributed by atoms with van der Waals surface area (Å²) in [5, 5.41) is 13.1. The summed E-state index contributed by atoms with van der Waals surface area (Å²) in [6.07, 6.45) is 0.201. The molecule has 0 amide bonds. The molecule has 0 saturated carbocycles. The maximum atomic E-state index is 13.4. The molecule has 0 N–H and O–H groups in total. The molecular formula is C20H15ClFN5O2. The molecule has 0 saturated heterocycles. The maximum absolute atomic E-state index is 13.4. The Morgan fingerprint density at radius 1 is 1.17 bits per heavy atom. The first-order valence-electron chi connectivity index (χ1n) is 9.02. The van der Waals surface area contributed by atoms with Crippen LogP contribution in [0.5, 0.6) is 0 Å². The van der Waals surface area contributed by atoms with E-state index in [1.165, 1.54) is 12.1 Å². The lowest BCUT2D eigenvalue weighted by Gasteiger charge is -2.24. The molecule has 2 aromatic carbocycles. The van der Waals surface area contributed by atoms with Gasteiger partial charge < -0.3 is 9.26 Å². The Morgan fingerprint density at radius 3 is 2.86 bits per heavy atom. The largest absolute Gasteiger partial charge is 0.365 e. The Kier molecular flexibility index (Phi) is 4.57. The van der Waals surface area contributed by atoms with Crippen LogP contribution in [0.2, 0.25) is 5.02 Å². The second-order valence-corrected chi connectivity index (χ2v) is 7.17. The Bertz CT molecular complexity index is 1160. The highest BCUT2D eigenvalue weighted by Crippen LogP contribution is 2.30. The molecule has 9 heteroatoms. The highest BCUT2D eigenvalue weighted by molar-refractivity contribution is 6.30. The molecule has 0 radical (unpaired) electrons. The minimum absolute atomic E-state index is 0.136. The average molecular weight is 412 g/mol. The van der Waals surface area contributed by atoms with Crippen molar-refractivity contribution >= 4 is 11.6 Å². The smallest absolute Gasteiger partial charge is 0.231 e. The number of hydrogen-bond acceptors (Lipinski definition) is 6. The highest BCUT2D eigenvalue weighted by Gasteiger charge is 2.27. The van der Waals surface area contributed by atoms with Crippen LogP contribution in [0.15, 0.2) is 53.1 Å². The van der Waals surface area contributed by atoms with Gasteiger partial charge in [0.2, 0.25) is 11.7 Å². The molecule has 146 valence electrons. The Hall–Kier alpha value is -3.10. The molecule has 2 aromatic heterocycles. The van der Waals surface area contributed by atoms with E-state index in [9.17, 15) is 4.39 Å². The van der Waals surface area contributed by atoms with Crippen LogP contribution in [0.1, 0.15) is 28.8 Å². The molecule has 1 atom stereocenters. The van der Waals surface area contributed by atoms with Gasteiger partial charge in [-0.1, -0.05) is 46.2 Å². The van der Waals surface area contributed by atoms with E-state index in [0.717, 1.165) is 16.8 Å². The maximum Gasteiger partial charge on any atom is 0.231 e. The van der Waals surface area contributed by atoms with Crippen LogP contribution < -0.4 is 0 Å². The zero-order valence-electron chi connectivity index (χ0n) is 15.1. The van der Waals surface area contributed by atoms with Gasteiger partial charge in [-0.3, -0.25) is 0 Å². The molecule has 4 aromatic rings. The first kappa shape index (κ1) is 18.0. The fourth-order valence-corrected chi connectivity index (χ4v) is 3.43. The van der Waals surface area contributed by atoms with Crippen molar-refractivity contribution in [3.63, 3.8) is 0 Å². The van der Waals surface area contributed by atoms with Crippen molar-refractivity contribution in [2.75, 3.05) is 0 Å². The van der Waals surface area contributed by atoms with E-state index in [2.05, 4.69) is 20.5 Å². The van der Waals surface area contributed by atoms with Gasteiger partial charge in [-0.15, -0.1) is 5.10 Å². The Labute approximate surface area is 170 Å². The molecule has 1 aliphatic rings. The van der Waals surface area contributed by atoms with Crippen molar-refractivity contribution in [2.45, 2.75) is 25.7 Å². The van der Waals surface area contributed by atoms with E-state index in [-0.39, 0.29) is 11.9 Å². The quantitative estimate of drug-likeness (QED) is 0.505. The first-order valence-corrected chi connectivity index (χ1v) is 9.40. The molecule has 5 rings (SSSR count). The van der Waals surface area contributed by atoms with Crippen molar-refractivity contribution in [1.82, 2.24) is 25.1 Å². The summed E-state index contributed by atoms with van der Waals surface area (Å²) in [5.74, 6) is 0.413. The zero-order valence-corrected chi connectivity index (χ0v) is 15.9. The third-order valence-electron chi connectivity index (χ3n) is 4.76. The summed E-state index contributed by atoms with van der Waals surface area (Å²) >= 11 is 5.95. The fraction of sp³-hybridized carbons (Fsp3) is 0.200. The number of benzene rings is 2. The van der Waals surface area contributed by atoms with Crippen LogP contribution >= 0.6 is 11.6 Å². The van der Waals surface area contributed by atoms with Crippen molar-refractivity contribution in [1.29, 1.82) is 0 Å². The molecule has 7 nitrogen and oxygen atoms in total. The number of aromatic nitrogens is 5. The number of halogens is 2. The molecule has 29 heavy (non-hydrogen) atoms. The van der Waals surface area contributed by atoms with E-state index < -0.39 is 0 Å². The fourth-order valence-electron chi connectivity index (χ4n) is 3.31. The van der Waals surface area contributed by atoms with Gasteiger partial charge in [-0.05, 0) is 35.4 Å². The monoisotopic (exact) mass is 411 g/mol. The topological polar surface area (TPSA) is 78.9 Å². The summed E-state index contributed by atoms with van der Waals surface area (Å²) < 4.78 is 26.5. The highest BCUT2D eigenvalue weighted by atomic mass is 35.5. The standard InChI is InChI=1S/C20H15ClFN5O2/c21-14-6-4-13(5-7-14)17-10-27-16(11-28-17)19(24-26-27)20-23-18(29-25-20)9-12-2-1-3-15(22)8-12/h1-8,17H,9-11H2. The molecule has 1 unspecified atom stereocenters. The third-order valence-corrected chi connectivity index (χ3v) is 5.02. The van der Waals surface area contributed by atoms with Crippen LogP contribution in [0, 0.1) is 5.82 Å². The molecule has 0 aliphatic carbocycles. The average Bonchev–Trinajstić information content (AvgIpc) is 3.34. The van der Waals surface area contributed by atoms with Crippen LogP contribution in [0.25, 0.3) is 11.5 Å². The second kappa shape index (κ2) is 7.38. The lowest BCUT2D eigenvalue weighted by atomic mass is 10.1. The lowest BCUT2D eigenvalue weighted by Crippen LogP contribution is -2.22. The lowest BCUT2D eigenvalue weighted by molar-refractivity contribution is -0.00111. The van der Waals surface area contributed by atoms with Crippen LogP contribution in [-0.2, 0) is 24.3 Å². The van der Waals surface area contributed by atoms with Gasteiger partial charge in [-0.2, -0.15) is 4.98 Å². The number of fused-ring (bicyclic) bond motifs is 1. The summed E-state index contributed by atoms with van der Waals surface area (Å²) in [6, 6.07) is 13.8. The number of ether oxygens (including phenoxy) is 1. The summed E-state index contributed by atoms with van der Waals surface area (Å²) in [5.41, 5.74) is 3.08. The number of hydrogen-bond donors (Lipinski definition) is 0. The molecular weight excluding hydrogens is 397 g/mol. The van der Waals surface area contributed by atoms with Gasteiger partial charge in [0.05, 0.1) is 25.3 Å². The predicted molar refractivity (Wildman–Crippen MR) is 102 cm³/mol. The van der Waals surface area contributed by atoms with Crippen LogP contribution in [0.3, 0.4) is 0 Å². The van der Waals surface area contributed by atoms with Gasteiger partial charge in [-0.25, -0.2) is 9.07 Å². The van der Waals surface area contributed by atoms with Gasteiger partial charge in [0, 0.05) is 5.02 Å². The normalized spacial score (nSPS) is 16.0. The van der Waals surface area contributed by atoms with E-state index in [0.29, 0.717) is 42.0 Å². The van der Waals surface area contributed by atoms with E-state index in [1.54, 1.807) is 16.8 Å². The molecule has 3 heterocycles. The summed E-state index contributed by atoms with van der Waals surface area (Å²) in [7, 11) is 0. The molecule has 0 spiro atoms. The van der Waals surface area contributed by atoms with Gasteiger partial charge in [0.25, 0.3) is 0 Å². The van der Waals surface area contributed by atoms with E-state index >= 15 is 0 Å². The van der Waals surface area contributed by atoms with Crippen LogP contribution in [0.4, 0.5) is 4.39 Å².